The lowest BCUT2D eigenvalue weighted by molar-refractivity contribution is -0.156. The Morgan fingerprint density at radius 3 is 2.31 bits per heavy atom. The van der Waals surface area contributed by atoms with Crippen molar-refractivity contribution < 1.29 is 19.0 Å². The van der Waals surface area contributed by atoms with Crippen molar-refractivity contribution >= 4 is 5.97 Å². The molecule has 0 aliphatic carbocycles. The number of esters is 1. The van der Waals surface area contributed by atoms with E-state index in [1.807, 2.05) is 31.2 Å². The van der Waals surface area contributed by atoms with E-state index < -0.39 is 5.79 Å². The van der Waals surface area contributed by atoms with Crippen molar-refractivity contribution in [1.29, 1.82) is 0 Å². The van der Waals surface area contributed by atoms with Crippen LogP contribution in [0.15, 0.2) is 24.3 Å². The second-order valence-electron chi connectivity index (χ2n) is 3.67. The van der Waals surface area contributed by atoms with Crippen LogP contribution < -0.4 is 9.47 Å². The molecule has 2 rings (SSSR count). The number of hydrogen-bond acceptors (Lipinski definition) is 4. The molecule has 1 heterocycles. The lowest BCUT2D eigenvalue weighted by Crippen LogP contribution is -2.40. The molecule has 0 radical (unpaired) electrons. The standard InChI is InChI=1S/C12H14O4/c1-3-12(8-11(13)14-2)15-9-6-4-5-7-10(9)16-12/h4-7H,3,8H2,1-2H3. The van der Waals surface area contributed by atoms with Crippen LogP contribution in [0.2, 0.25) is 0 Å². The lowest BCUT2D eigenvalue weighted by atomic mass is 10.1. The van der Waals surface area contributed by atoms with Gasteiger partial charge in [-0.2, -0.15) is 0 Å². The minimum atomic E-state index is -0.906. The highest BCUT2D eigenvalue weighted by molar-refractivity contribution is 5.70. The quantitative estimate of drug-likeness (QED) is 0.735. The predicted octanol–water partition coefficient (Wildman–Crippen LogP) is 2.13. The topological polar surface area (TPSA) is 44.8 Å². The molecule has 1 aliphatic heterocycles. The SMILES string of the molecule is CCC1(CC(=O)OC)Oc2ccccc2O1. The molecule has 0 unspecified atom stereocenters. The van der Waals surface area contributed by atoms with Gasteiger partial charge in [-0.3, -0.25) is 4.79 Å². The Balaban J connectivity index is 2.19. The summed E-state index contributed by atoms with van der Waals surface area (Å²) in [5, 5.41) is 0. The van der Waals surface area contributed by atoms with E-state index in [0.717, 1.165) is 0 Å². The Bertz CT molecular complexity index is 375. The van der Waals surface area contributed by atoms with Gasteiger partial charge in [0.25, 0.3) is 5.79 Å². The molecule has 0 amide bonds. The summed E-state index contributed by atoms with van der Waals surface area (Å²) in [5.74, 6) is 0.104. The van der Waals surface area contributed by atoms with Crippen LogP contribution in [0.25, 0.3) is 0 Å². The molecule has 0 bridgehead atoms. The summed E-state index contributed by atoms with van der Waals surface area (Å²) in [4.78, 5) is 11.3. The average molecular weight is 222 g/mol. The van der Waals surface area contributed by atoms with Crippen LogP contribution >= 0.6 is 0 Å². The first-order valence-electron chi connectivity index (χ1n) is 5.23. The Labute approximate surface area is 94.1 Å². The fraction of sp³-hybridized carbons (Fsp3) is 0.417. The van der Waals surface area contributed by atoms with Crippen molar-refractivity contribution in [3.8, 4) is 11.5 Å². The smallest absolute Gasteiger partial charge is 0.313 e. The average Bonchev–Trinajstić information content (AvgIpc) is 2.67. The molecule has 4 heteroatoms. The van der Waals surface area contributed by atoms with Gasteiger partial charge in [0.1, 0.15) is 6.42 Å². The number of ether oxygens (including phenoxy) is 3. The van der Waals surface area contributed by atoms with Gasteiger partial charge in [0.05, 0.1) is 7.11 Å². The number of rotatable bonds is 3. The van der Waals surface area contributed by atoms with Crippen LogP contribution in [0.5, 0.6) is 11.5 Å². The highest BCUT2D eigenvalue weighted by Gasteiger charge is 2.42. The first-order chi connectivity index (χ1) is 7.69. The lowest BCUT2D eigenvalue weighted by Gasteiger charge is -2.24. The van der Waals surface area contributed by atoms with E-state index in [1.54, 1.807) is 0 Å². The van der Waals surface area contributed by atoms with Crippen molar-refractivity contribution in [2.75, 3.05) is 7.11 Å². The third-order valence-electron chi connectivity index (χ3n) is 2.62. The maximum absolute atomic E-state index is 11.3. The van der Waals surface area contributed by atoms with E-state index in [1.165, 1.54) is 7.11 Å². The van der Waals surface area contributed by atoms with E-state index in [-0.39, 0.29) is 12.4 Å². The number of para-hydroxylation sites is 2. The molecule has 1 aliphatic rings. The minimum Gasteiger partial charge on any atom is -0.469 e. The van der Waals surface area contributed by atoms with Crippen molar-refractivity contribution in [2.24, 2.45) is 0 Å². The van der Waals surface area contributed by atoms with Crippen LogP contribution in [0.4, 0.5) is 0 Å². The van der Waals surface area contributed by atoms with Crippen molar-refractivity contribution in [2.45, 2.75) is 25.6 Å². The summed E-state index contributed by atoms with van der Waals surface area (Å²) in [5.41, 5.74) is 0. The van der Waals surface area contributed by atoms with E-state index in [4.69, 9.17) is 9.47 Å². The van der Waals surface area contributed by atoms with Crippen molar-refractivity contribution in [1.82, 2.24) is 0 Å². The van der Waals surface area contributed by atoms with E-state index in [9.17, 15) is 4.79 Å². The fourth-order valence-corrected chi connectivity index (χ4v) is 1.67. The zero-order valence-electron chi connectivity index (χ0n) is 9.36. The van der Waals surface area contributed by atoms with Gasteiger partial charge in [0.2, 0.25) is 0 Å². The maximum Gasteiger partial charge on any atom is 0.313 e. The van der Waals surface area contributed by atoms with Crippen molar-refractivity contribution in [3.05, 3.63) is 24.3 Å². The number of carbonyl (C=O) groups is 1. The zero-order valence-corrected chi connectivity index (χ0v) is 9.36. The van der Waals surface area contributed by atoms with E-state index >= 15 is 0 Å². The van der Waals surface area contributed by atoms with Gasteiger partial charge < -0.3 is 14.2 Å². The number of hydrogen-bond donors (Lipinski definition) is 0. The third kappa shape index (κ3) is 1.83. The van der Waals surface area contributed by atoms with Crippen LogP contribution in [0.1, 0.15) is 19.8 Å². The molecule has 0 fully saturated rings. The highest BCUT2D eigenvalue weighted by Crippen LogP contribution is 2.41. The van der Waals surface area contributed by atoms with Gasteiger partial charge in [0, 0.05) is 6.42 Å². The normalized spacial score (nSPS) is 15.9. The molecular formula is C12H14O4. The van der Waals surface area contributed by atoms with Crippen LogP contribution in [-0.4, -0.2) is 18.9 Å². The first kappa shape index (κ1) is 10.8. The first-order valence-corrected chi connectivity index (χ1v) is 5.23. The van der Waals surface area contributed by atoms with Gasteiger partial charge >= 0.3 is 5.97 Å². The minimum absolute atomic E-state index is 0.0919. The Hall–Kier alpha value is -1.71. The molecule has 0 aromatic heterocycles. The molecule has 1 aromatic rings. The summed E-state index contributed by atoms with van der Waals surface area (Å²) < 4.78 is 16.0. The van der Waals surface area contributed by atoms with Gasteiger partial charge in [-0.15, -0.1) is 0 Å². The number of methoxy groups -OCH3 is 1. The van der Waals surface area contributed by atoms with Gasteiger partial charge in [-0.1, -0.05) is 19.1 Å². The monoisotopic (exact) mass is 222 g/mol. The van der Waals surface area contributed by atoms with Gasteiger partial charge in [0.15, 0.2) is 11.5 Å². The maximum atomic E-state index is 11.3. The van der Waals surface area contributed by atoms with Crippen molar-refractivity contribution in [3.63, 3.8) is 0 Å². The summed E-state index contributed by atoms with van der Waals surface area (Å²) in [6.07, 6.45) is 0.672. The van der Waals surface area contributed by atoms with Gasteiger partial charge in [-0.05, 0) is 12.1 Å². The number of carbonyl (C=O) groups excluding carboxylic acids is 1. The largest absolute Gasteiger partial charge is 0.469 e. The Morgan fingerprint density at radius 2 is 1.88 bits per heavy atom. The van der Waals surface area contributed by atoms with E-state index in [2.05, 4.69) is 4.74 Å². The second kappa shape index (κ2) is 4.04. The molecule has 0 spiro atoms. The molecule has 0 saturated heterocycles. The van der Waals surface area contributed by atoms with Gasteiger partial charge in [-0.25, -0.2) is 0 Å². The van der Waals surface area contributed by atoms with Crippen LogP contribution in [0.3, 0.4) is 0 Å². The molecule has 86 valence electrons. The molecule has 1 aromatic carbocycles. The molecule has 16 heavy (non-hydrogen) atoms. The second-order valence-corrected chi connectivity index (χ2v) is 3.67. The Morgan fingerprint density at radius 1 is 1.31 bits per heavy atom. The van der Waals surface area contributed by atoms with Crippen LogP contribution in [0, 0.1) is 0 Å². The van der Waals surface area contributed by atoms with E-state index in [0.29, 0.717) is 17.9 Å². The summed E-state index contributed by atoms with van der Waals surface area (Å²) in [7, 11) is 1.35. The summed E-state index contributed by atoms with van der Waals surface area (Å²) in [6.45, 7) is 1.91. The zero-order chi connectivity index (χ0) is 11.6. The number of fused-ring (bicyclic) bond motifs is 1. The Kier molecular flexibility index (Phi) is 2.73. The number of benzene rings is 1. The molecule has 0 N–H and O–H groups in total. The predicted molar refractivity (Wildman–Crippen MR) is 57.4 cm³/mol. The third-order valence-corrected chi connectivity index (χ3v) is 2.62. The molecule has 0 saturated carbocycles. The van der Waals surface area contributed by atoms with Crippen LogP contribution in [-0.2, 0) is 9.53 Å². The fourth-order valence-electron chi connectivity index (χ4n) is 1.67. The molecule has 4 nitrogen and oxygen atoms in total. The summed E-state index contributed by atoms with van der Waals surface area (Å²) >= 11 is 0. The molecular weight excluding hydrogens is 208 g/mol. The highest BCUT2D eigenvalue weighted by atomic mass is 16.7. The summed E-state index contributed by atoms with van der Waals surface area (Å²) in [6, 6.07) is 7.38. The molecule has 0 atom stereocenters.